The number of likely N-dealkylation sites (N-methyl/N-ethyl adjacent to an activating group) is 1. The molecule has 1 aromatic carbocycles. The number of benzene rings is 1. The van der Waals surface area contributed by atoms with Crippen molar-refractivity contribution < 1.29 is 9.59 Å². The van der Waals surface area contributed by atoms with Gasteiger partial charge < -0.3 is 10.2 Å². The van der Waals surface area contributed by atoms with Crippen molar-refractivity contribution in [3.8, 4) is 0 Å². The van der Waals surface area contributed by atoms with E-state index in [0.717, 1.165) is 30.2 Å². The fourth-order valence-electron chi connectivity index (χ4n) is 8.50. The second-order valence-electron chi connectivity index (χ2n) is 11.6. The van der Waals surface area contributed by atoms with Gasteiger partial charge in [0.05, 0.1) is 11.1 Å². The molecule has 0 spiro atoms. The molecule has 2 heterocycles. The summed E-state index contributed by atoms with van der Waals surface area (Å²) < 4.78 is 0. The summed E-state index contributed by atoms with van der Waals surface area (Å²) in [6, 6.07) is 10.3. The molecule has 5 nitrogen and oxygen atoms in total. The molecular weight excluding hydrogens is 422 g/mol. The van der Waals surface area contributed by atoms with Gasteiger partial charge in [0.2, 0.25) is 5.91 Å². The van der Waals surface area contributed by atoms with Crippen molar-refractivity contribution in [3.05, 3.63) is 54.2 Å². The molecule has 3 saturated carbocycles. The molecule has 5 heteroatoms. The maximum Gasteiger partial charge on any atom is 0.253 e. The number of nitrogens with one attached hydrogen (secondary N) is 1. The van der Waals surface area contributed by atoms with E-state index in [1.165, 1.54) is 19.3 Å². The molecule has 0 bridgehead atoms. The highest BCUT2D eigenvalue weighted by Crippen LogP contribution is 2.63. The minimum atomic E-state index is 0.00400. The minimum Gasteiger partial charge on any atom is -0.349 e. The standard InChI is InChI=1S/C29H35N3O2/c1-28-15-13-22-19(9-12-24-29(22,2)16-14-25(33)32(24)3)21(28)10-11-23(28)31-27(34)20-8-4-6-18-7-5-17-30-26(18)20/h4-8,14,16-17,19,21-24H,9-13,15H2,1-3H3,(H,31,34)/t19-,21-,22-,23?,24+,28-,29+/m0/s1. The second kappa shape index (κ2) is 7.66. The van der Waals surface area contributed by atoms with Gasteiger partial charge in [0.15, 0.2) is 0 Å². The Morgan fingerprint density at radius 3 is 2.74 bits per heavy atom. The SMILES string of the molecule is CN1C(=O)C=C[C@]2(C)[C@H]3CC[C@]4(C)C(NC(=O)c5cccc6cccnc56)CC[C@H]4[C@@H]3CC[C@@H]12. The monoisotopic (exact) mass is 457 g/mol. The third-order valence-electron chi connectivity index (χ3n) is 10.3. The van der Waals surface area contributed by atoms with Gasteiger partial charge in [-0.25, -0.2) is 0 Å². The topological polar surface area (TPSA) is 62.3 Å². The fourth-order valence-corrected chi connectivity index (χ4v) is 8.50. The highest BCUT2D eigenvalue weighted by atomic mass is 16.2. The zero-order valence-electron chi connectivity index (χ0n) is 20.5. The smallest absolute Gasteiger partial charge is 0.253 e. The van der Waals surface area contributed by atoms with Crippen LogP contribution in [0.15, 0.2) is 48.7 Å². The Morgan fingerprint density at radius 2 is 1.88 bits per heavy atom. The molecule has 34 heavy (non-hydrogen) atoms. The second-order valence-corrected chi connectivity index (χ2v) is 11.6. The quantitative estimate of drug-likeness (QED) is 0.692. The highest BCUT2D eigenvalue weighted by molar-refractivity contribution is 6.05. The molecule has 4 aliphatic rings. The number of hydrogen-bond acceptors (Lipinski definition) is 3. The number of carbonyl (C=O) groups excluding carboxylic acids is 2. The predicted octanol–water partition coefficient (Wildman–Crippen LogP) is 4.97. The van der Waals surface area contributed by atoms with E-state index in [0.29, 0.717) is 29.4 Å². The first kappa shape index (κ1) is 21.8. The van der Waals surface area contributed by atoms with E-state index in [4.69, 9.17) is 0 Å². The Balaban J connectivity index is 1.25. The number of nitrogens with zero attached hydrogens (tertiary/aromatic N) is 2. The van der Waals surface area contributed by atoms with Crippen molar-refractivity contribution in [3.63, 3.8) is 0 Å². The minimum absolute atomic E-state index is 0.00400. The van der Waals surface area contributed by atoms with Gasteiger partial charge in [0.25, 0.3) is 5.91 Å². The molecule has 1 aromatic heterocycles. The summed E-state index contributed by atoms with van der Waals surface area (Å²) in [5, 5.41) is 4.46. The van der Waals surface area contributed by atoms with E-state index in [1.807, 2.05) is 48.4 Å². The van der Waals surface area contributed by atoms with Crippen LogP contribution in [-0.2, 0) is 4.79 Å². The Bertz CT molecular complexity index is 1190. The van der Waals surface area contributed by atoms with E-state index in [-0.39, 0.29) is 28.7 Å². The van der Waals surface area contributed by atoms with E-state index >= 15 is 0 Å². The summed E-state index contributed by atoms with van der Waals surface area (Å²) in [5.74, 6) is 2.04. The average Bonchev–Trinajstić information content (AvgIpc) is 3.17. The molecule has 3 aliphatic carbocycles. The first-order valence-electron chi connectivity index (χ1n) is 12.9. The molecule has 0 radical (unpaired) electrons. The van der Waals surface area contributed by atoms with Gasteiger partial charge in [0, 0.05) is 36.1 Å². The molecule has 2 amide bonds. The molecule has 1 aliphatic heterocycles. The Hall–Kier alpha value is -2.69. The highest BCUT2D eigenvalue weighted by Gasteiger charge is 2.60. The van der Waals surface area contributed by atoms with Crippen molar-refractivity contribution in [1.29, 1.82) is 0 Å². The van der Waals surface area contributed by atoms with Crippen LogP contribution >= 0.6 is 0 Å². The Morgan fingerprint density at radius 1 is 1.06 bits per heavy atom. The first-order chi connectivity index (χ1) is 16.3. The van der Waals surface area contributed by atoms with Crippen LogP contribution in [0.25, 0.3) is 10.9 Å². The van der Waals surface area contributed by atoms with Crippen LogP contribution in [0.5, 0.6) is 0 Å². The van der Waals surface area contributed by atoms with Crippen molar-refractivity contribution in [2.45, 2.75) is 64.5 Å². The van der Waals surface area contributed by atoms with Crippen LogP contribution < -0.4 is 5.32 Å². The molecule has 1 N–H and O–H groups in total. The lowest BCUT2D eigenvalue weighted by Gasteiger charge is -2.60. The maximum atomic E-state index is 13.4. The number of pyridine rings is 1. The number of aromatic nitrogens is 1. The summed E-state index contributed by atoms with van der Waals surface area (Å²) in [4.78, 5) is 32.2. The zero-order valence-corrected chi connectivity index (χ0v) is 20.5. The zero-order chi connectivity index (χ0) is 23.7. The van der Waals surface area contributed by atoms with Gasteiger partial charge >= 0.3 is 0 Å². The molecule has 7 atom stereocenters. The van der Waals surface area contributed by atoms with Gasteiger partial charge in [-0.05, 0) is 79.9 Å². The van der Waals surface area contributed by atoms with Gasteiger partial charge in [0.1, 0.15) is 0 Å². The van der Waals surface area contributed by atoms with E-state index in [9.17, 15) is 9.59 Å². The largest absolute Gasteiger partial charge is 0.349 e. The molecule has 2 aromatic rings. The van der Waals surface area contributed by atoms with Crippen LogP contribution in [-0.4, -0.2) is 40.8 Å². The van der Waals surface area contributed by atoms with Gasteiger partial charge in [-0.1, -0.05) is 38.1 Å². The van der Waals surface area contributed by atoms with E-state index in [2.05, 4.69) is 30.2 Å². The van der Waals surface area contributed by atoms with Crippen molar-refractivity contribution in [1.82, 2.24) is 15.2 Å². The number of para-hydroxylation sites is 1. The Labute approximate surface area is 202 Å². The molecular formula is C29H35N3O2. The van der Waals surface area contributed by atoms with Crippen molar-refractivity contribution in [2.24, 2.45) is 28.6 Å². The van der Waals surface area contributed by atoms with E-state index < -0.39 is 0 Å². The summed E-state index contributed by atoms with van der Waals surface area (Å²) in [6.07, 6.45) is 12.6. The van der Waals surface area contributed by atoms with Gasteiger partial charge in [-0.3, -0.25) is 14.6 Å². The molecule has 0 saturated heterocycles. The Kier molecular flexibility index (Phi) is 4.91. The predicted molar refractivity (Wildman–Crippen MR) is 133 cm³/mol. The van der Waals surface area contributed by atoms with E-state index in [1.54, 1.807) is 6.20 Å². The molecule has 6 rings (SSSR count). The fraction of sp³-hybridized carbons (Fsp3) is 0.552. The first-order valence-corrected chi connectivity index (χ1v) is 12.9. The average molecular weight is 458 g/mol. The van der Waals surface area contributed by atoms with Crippen LogP contribution in [0.1, 0.15) is 62.7 Å². The maximum absolute atomic E-state index is 13.4. The molecule has 1 unspecified atom stereocenters. The molecule has 3 fully saturated rings. The third-order valence-corrected chi connectivity index (χ3v) is 10.3. The summed E-state index contributed by atoms with van der Waals surface area (Å²) >= 11 is 0. The van der Waals surface area contributed by atoms with Gasteiger partial charge in [-0.2, -0.15) is 0 Å². The van der Waals surface area contributed by atoms with Crippen molar-refractivity contribution in [2.75, 3.05) is 7.05 Å². The third kappa shape index (κ3) is 3.01. The number of rotatable bonds is 2. The normalized spacial score (nSPS) is 38.9. The lowest BCUT2D eigenvalue weighted by Crippen LogP contribution is -2.60. The van der Waals surface area contributed by atoms with Crippen LogP contribution in [0.3, 0.4) is 0 Å². The number of amides is 2. The van der Waals surface area contributed by atoms with Crippen LogP contribution in [0, 0.1) is 28.6 Å². The summed E-state index contributed by atoms with van der Waals surface area (Å²) in [7, 11) is 1.98. The van der Waals surface area contributed by atoms with Crippen LogP contribution in [0.4, 0.5) is 0 Å². The van der Waals surface area contributed by atoms with Gasteiger partial charge in [-0.15, -0.1) is 0 Å². The number of carbonyl (C=O) groups is 2. The van der Waals surface area contributed by atoms with Crippen LogP contribution in [0.2, 0.25) is 0 Å². The van der Waals surface area contributed by atoms with Crippen molar-refractivity contribution >= 4 is 22.7 Å². The lowest BCUT2D eigenvalue weighted by atomic mass is 9.48. The summed E-state index contributed by atoms with van der Waals surface area (Å²) in [6.45, 7) is 4.81. The number of hydrogen-bond donors (Lipinski definition) is 1. The molecule has 178 valence electrons. The lowest BCUT2D eigenvalue weighted by molar-refractivity contribution is -0.138. The summed E-state index contributed by atoms with van der Waals surface area (Å²) in [5.41, 5.74) is 1.63. The number of fused-ring (bicyclic) bond motifs is 6.